The SMILES string of the molecule is Cc1ccc(S(=O)(=O)NCC2CC(O)C2)cc1C. The maximum Gasteiger partial charge on any atom is 0.240 e. The molecule has 1 saturated carbocycles. The van der Waals surface area contributed by atoms with Gasteiger partial charge in [0.15, 0.2) is 0 Å². The number of hydrogen-bond donors (Lipinski definition) is 2. The minimum atomic E-state index is -3.42. The van der Waals surface area contributed by atoms with Gasteiger partial charge in [0.05, 0.1) is 11.0 Å². The average Bonchev–Trinajstić information content (AvgIpc) is 2.26. The largest absolute Gasteiger partial charge is 0.393 e. The van der Waals surface area contributed by atoms with Crippen LogP contribution in [-0.2, 0) is 10.0 Å². The van der Waals surface area contributed by atoms with Gasteiger partial charge in [0.2, 0.25) is 10.0 Å². The fraction of sp³-hybridized carbons (Fsp3) is 0.538. The van der Waals surface area contributed by atoms with Gasteiger partial charge in [-0.1, -0.05) is 6.07 Å². The Kier molecular flexibility index (Phi) is 3.75. The predicted molar refractivity (Wildman–Crippen MR) is 69.8 cm³/mol. The van der Waals surface area contributed by atoms with Gasteiger partial charge in [-0.05, 0) is 55.9 Å². The minimum absolute atomic E-state index is 0.249. The highest BCUT2D eigenvalue weighted by Gasteiger charge is 2.28. The first-order valence-corrected chi connectivity index (χ1v) is 7.62. The van der Waals surface area contributed by atoms with E-state index in [-0.39, 0.29) is 12.0 Å². The highest BCUT2D eigenvalue weighted by atomic mass is 32.2. The van der Waals surface area contributed by atoms with Crippen LogP contribution in [0.2, 0.25) is 0 Å². The predicted octanol–water partition coefficient (Wildman–Crippen LogP) is 1.35. The van der Waals surface area contributed by atoms with E-state index >= 15 is 0 Å². The summed E-state index contributed by atoms with van der Waals surface area (Å²) in [5, 5.41) is 9.15. The zero-order valence-corrected chi connectivity index (χ0v) is 11.5. The maximum atomic E-state index is 12.0. The van der Waals surface area contributed by atoms with E-state index < -0.39 is 10.0 Å². The standard InChI is InChI=1S/C13H19NO3S/c1-9-3-4-13(5-10(9)2)18(16,17)14-8-11-6-12(15)7-11/h3-5,11-12,14-15H,6-8H2,1-2H3. The van der Waals surface area contributed by atoms with Gasteiger partial charge in [-0.15, -0.1) is 0 Å². The fourth-order valence-electron chi connectivity index (χ4n) is 2.06. The van der Waals surface area contributed by atoms with Gasteiger partial charge >= 0.3 is 0 Å². The van der Waals surface area contributed by atoms with Gasteiger partial charge < -0.3 is 5.11 Å². The molecule has 5 heteroatoms. The molecule has 100 valence electrons. The first-order valence-electron chi connectivity index (χ1n) is 6.13. The lowest BCUT2D eigenvalue weighted by atomic mass is 9.83. The van der Waals surface area contributed by atoms with E-state index in [4.69, 9.17) is 5.11 Å². The Bertz CT molecular complexity index is 533. The van der Waals surface area contributed by atoms with Crippen molar-refractivity contribution >= 4 is 10.0 Å². The normalized spacial score (nSPS) is 23.7. The first-order chi connectivity index (χ1) is 8.38. The molecule has 0 spiro atoms. The third-order valence-electron chi connectivity index (χ3n) is 3.56. The van der Waals surface area contributed by atoms with E-state index in [1.807, 2.05) is 19.9 Å². The van der Waals surface area contributed by atoms with Crippen LogP contribution in [0.5, 0.6) is 0 Å². The molecular weight excluding hydrogens is 250 g/mol. The zero-order valence-electron chi connectivity index (χ0n) is 10.7. The van der Waals surface area contributed by atoms with E-state index in [1.165, 1.54) is 0 Å². The van der Waals surface area contributed by atoms with Crippen molar-refractivity contribution in [1.29, 1.82) is 0 Å². The molecule has 1 aliphatic carbocycles. The summed E-state index contributed by atoms with van der Waals surface area (Å²) < 4.78 is 26.7. The van der Waals surface area contributed by atoms with Crippen molar-refractivity contribution in [2.45, 2.75) is 37.7 Å². The molecule has 0 amide bonds. The second kappa shape index (κ2) is 4.99. The molecule has 1 aromatic carbocycles. The van der Waals surface area contributed by atoms with Crippen molar-refractivity contribution in [3.8, 4) is 0 Å². The van der Waals surface area contributed by atoms with Crippen LogP contribution in [0.15, 0.2) is 23.1 Å². The minimum Gasteiger partial charge on any atom is -0.393 e. The molecule has 0 heterocycles. The molecule has 1 aromatic rings. The van der Waals surface area contributed by atoms with Gasteiger partial charge in [0.25, 0.3) is 0 Å². The lowest BCUT2D eigenvalue weighted by Crippen LogP contribution is -2.38. The second-order valence-corrected chi connectivity index (χ2v) is 6.86. The molecule has 0 atom stereocenters. The van der Waals surface area contributed by atoms with Gasteiger partial charge in [0.1, 0.15) is 0 Å². The van der Waals surface area contributed by atoms with Crippen molar-refractivity contribution in [2.75, 3.05) is 6.54 Å². The van der Waals surface area contributed by atoms with Crippen LogP contribution in [0, 0.1) is 19.8 Å². The number of aryl methyl sites for hydroxylation is 2. The third-order valence-corrected chi connectivity index (χ3v) is 4.98. The van der Waals surface area contributed by atoms with Gasteiger partial charge in [-0.3, -0.25) is 0 Å². The number of sulfonamides is 1. The third kappa shape index (κ3) is 2.91. The van der Waals surface area contributed by atoms with Crippen LogP contribution >= 0.6 is 0 Å². The molecule has 2 N–H and O–H groups in total. The Balaban J connectivity index is 2.03. The number of hydrogen-bond acceptors (Lipinski definition) is 3. The summed E-state index contributed by atoms with van der Waals surface area (Å²) in [5.74, 6) is 0.265. The van der Waals surface area contributed by atoms with E-state index in [9.17, 15) is 8.42 Å². The molecular formula is C13H19NO3S. The average molecular weight is 269 g/mol. The van der Waals surface area contributed by atoms with Gasteiger partial charge in [-0.25, -0.2) is 13.1 Å². The van der Waals surface area contributed by atoms with E-state index in [0.29, 0.717) is 24.3 Å². The number of rotatable bonds is 4. The van der Waals surface area contributed by atoms with Gasteiger partial charge in [-0.2, -0.15) is 0 Å². The Morgan fingerprint density at radius 3 is 2.50 bits per heavy atom. The van der Waals surface area contributed by atoms with Crippen molar-refractivity contribution in [3.63, 3.8) is 0 Å². The molecule has 18 heavy (non-hydrogen) atoms. The molecule has 1 fully saturated rings. The zero-order chi connectivity index (χ0) is 13.3. The monoisotopic (exact) mass is 269 g/mol. The Morgan fingerprint density at radius 2 is 1.94 bits per heavy atom. The van der Waals surface area contributed by atoms with E-state index in [2.05, 4.69) is 4.72 Å². The van der Waals surface area contributed by atoms with Crippen molar-refractivity contribution < 1.29 is 13.5 Å². The van der Waals surface area contributed by atoms with Gasteiger partial charge in [0, 0.05) is 6.54 Å². The molecule has 0 radical (unpaired) electrons. The van der Waals surface area contributed by atoms with Crippen LogP contribution in [0.3, 0.4) is 0 Å². The molecule has 0 bridgehead atoms. The van der Waals surface area contributed by atoms with E-state index in [0.717, 1.165) is 11.1 Å². The quantitative estimate of drug-likeness (QED) is 0.867. The maximum absolute atomic E-state index is 12.0. The summed E-state index contributed by atoms with van der Waals surface area (Å²) in [7, 11) is -3.42. The van der Waals surface area contributed by atoms with Crippen LogP contribution in [-0.4, -0.2) is 26.2 Å². The first kappa shape index (κ1) is 13.5. The smallest absolute Gasteiger partial charge is 0.240 e. The van der Waals surface area contributed by atoms with Crippen molar-refractivity contribution in [3.05, 3.63) is 29.3 Å². The van der Waals surface area contributed by atoms with Crippen molar-refractivity contribution in [2.24, 2.45) is 5.92 Å². The summed E-state index contributed by atoms with van der Waals surface area (Å²) in [6.07, 6.45) is 1.13. The Morgan fingerprint density at radius 1 is 1.28 bits per heavy atom. The van der Waals surface area contributed by atoms with Crippen LogP contribution < -0.4 is 4.72 Å². The Hall–Kier alpha value is -0.910. The summed E-state index contributed by atoms with van der Waals surface area (Å²) in [6, 6.07) is 5.13. The molecule has 0 saturated heterocycles. The van der Waals surface area contributed by atoms with Crippen LogP contribution in [0.4, 0.5) is 0 Å². The number of aliphatic hydroxyl groups is 1. The molecule has 0 aliphatic heterocycles. The second-order valence-electron chi connectivity index (χ2n) is 5.09. The molecule has 0 unspecified atom stereocenters. The number of aliphatic hydroxyl groups excluding tert-OH is 1. The number of nitrogens with one attached hydrogen (secondary N) is 1. The highest BCUT2D eigenvalue weighted by Crippen LogP contribution is 2.26. The lowest BCUT2D eigenvalue weighted by molar-refractivity contribution is 0.0453. The summed E-state index contributed by atoms with van der Waals surface area (Å²) in [5.41, 5.74) is 2.05. The summed E-state index contributed by atoms with van der Waals surface area (Å²) >= 11 is 0. The number of benzene rings is 1. The fourth-order valence-corrected chi connectivity index (χ4v) is 3.26. The topological polar surface area (TPSA) is 66.4 Å². The molecule has 4 nitrogen and oxygen atoms in total. The van der Waals surface area contributed by atoms with Crippen molar-refractivity contribution in [1.82, 2.24) is 4.72 Å². The lowest BCUT2D eigenvalue weighted by Gasteiger charge is -2.31. The molecule has 0 aromatic heterocycles. The Labute approximate surface area is 108 Å². The van der Waals surface area contributed by atoms with Crippen LogP contribution in [0.25, 0.3) is 0 Å². The summed E-state index contributed by atoms with van der Waals surface area (Å²) in [6.45, 7) is 4.26. The highest BCUT2D eigenvalue weighted by molar-refractivity contribution is 7.89. The van der Waals surface area contributed by atoms with Crippen LogP contribution in [0.1, 0.15) is 24.0 Å². The van der Waals surface area contributed by atoms with E-state index in [1.54, 1.807) is 12.1 Å². The molecule has 2 rings (SSSR count). The summed E-state index contributed by atoms with van der Waals surface area (Å²) in [4.78, 5) is 0.311. The molecule has 1 aliphatic rings.